The van der Waals surface area contributed by atoms with Crippen LogP contribution < -0.4 is 16.4 Å². The van der Waals surface area contributed by atoms with Crippen LogP contribution >= 0.6 is 0 Å². The molecule has 6 nitrogen and oxygen atoms in total. The Hall–Kier alpha value is -2.31. The molecule has 1 aliphatic heterocycles. The number of primary amides is 1. The second-order valence-electron chi connectivity index (χ2n) is 5.05. The zero-order valence-corrected chi connectivity index (χ0v) is 11.5. The van der Waals surface area contributed by atoms with Crippen LogP contribution in [0.2, 0.25) is 0 Å². The van der Waals surface area contributed by atoms with Crippen molar-refractivity contribution in [2.45, 2.75) is 25.2 Å². The SMILES string of the molecule is NC(=O)C1Cc2ncncc2C(NCc2ccccc2)N1. The van der Waals surface area contributed by atoms with E-state index in [-0.39, 0.29) is 12.1 Å². The van der Waals surface area contributed by atoms with E-state index in [4.69, 9.17) is 5.73 Å². The van der Waals surface area contributed by atoms with Gasteiger partial charge in [0.1, 0.15) is 6.33 Å². The highest BCUT2D eigenvalue weighted by molar-refractivity contribution is 5.80. The first kappa shape index (κ1) is 13.7. The van der Waals surface area contributed by atoms with Crippen LogP contribution in [0.1, 0.15) is 23.0 Å². The summed E-state index contributed by atoms with van der Waals surface area (Å²) in [6, 6.07) is 9.64. The molecule has 21 heavy (non-hydrogen) atoms. The summed E-state index contributed by atoms with van der Waals surface area (Å²) in [4.78, 5) is 19.8. The Morgan fingerprint density at radius 2 is 2.19 bits per heavy atom. The largest absolute Gasteiger partial charge is 0.368 e. The van der Waals surface area contributed by atoms with Crippen LogP contribution in [-0.4, -0.2) is 21.9 Å². The maximum Gasteiger partial charge on any atom is 0.235 e. The Morgan fingerprint density at radius 1 is 1.38 bits per heavy atom. The van der Waals surface area contributed by atoms with E-state index in [1.165, 1.54) is 11.9 Å². The highest BCUT2D eigenvalue weighted by Gasteiger charge is 2.29. The van der Waals surface area contributed by atoms with Crippen molar-refractivity contribution < 1.29 is 4.79 Å². The number of hydrogen-bond donors (Lipinski definition) is 3. The molecule has 0 saturated carbocycles. The third kappa shape index (κ3) is 3.07. The number of amides is 1. The summed E-state index contributed by atoms with van der Waals surface area (Å²) in [5.41, 5.74) is 8.41. The van der Waals surface area contributed by atoms with Gasteiger partial charge in [0.25, 0.3) is 0 Å². The van der Waals surface area contributed by atoms with E-state index >= 15 is 0 Å². The van der Waals surface area contributed by atoms with E-state index in [9.17, 15) is 4.79 Å². The Labute approximate surface area is 122 Å². The number of rotatable bonds is 4. The first-order valence-electron chi connectivity index (χ1n) is 6.85. The maximum absolute atomic E-state index is 11.5. The lowest BCUT2D eigenvalue weighted by Crippen LogP contribution is -2.51. The van der Waals surface area contributed by atoms with E-state index < -0.39 is 6.04 Å². The summed E-state index contributed by atoms with van der Waals surface area (Å²) in [5, 5.41) is 6.59. The van der Waals surface area contributed by atoms with Gasteiger partial charge in [-0.25, -0.2) is 9.97 Å². The van der Waals surface area contributed by atoms with Gasteiger partial charge in [-0.15, -0.1) is 0 Å². The van der Waals surface area contributed by atoms with Crippen LogP contribution in [0, 0.1) is 0 Å². The molecule has 2 atom stereocenters. The van der Waals surface area contributed by atoms with Gasteiger partial charge in [-0.2, -0.15) is 0 Å². The molecule has 6 heteroatoms. The van der Waals surface area contributed by atoms with Crippen molar-refractivity contribution in [1.82, 2.24) is 20.6 Å². The number of aromatic nitrogens is 2. The fraction of sp³-hybridized carbons (Fsp3) is 0.267. The van der Waals surface area contributed by atoms with Crippen molar-refractivity contribution in [2.24, 2.45) is 5.73 Å². The molecule has 2 unspecified atom stereocenters. The van der Waals surface area contributed by atoms with Gasteiger partial charge in [0.15, 0.2) is 0 Å². The third-order valence-corrected chi connectivity index (χ3v) is 3.60. The molecule has 0 bridgehead atoms. The van der Waals surface area contributed by atoms with Crippen molar-refractivity contribution in [3.63, 3.8) is 0 Å². The molecule has 2 aromatic rings. The lowest BCUT2D eigenvalue weighted by atomic mass is 9.99. The third-order valence-electron chi connectivity index (χ3n) is 3.60. The Kier molecular flexibility index (Phi) is 3.89. The van der Waals surface area contributed by atoms with Crippen molar-refractivity contribution in [2.75, 3.05) is 0 Å². The fourth-order valence-electron chi connectivity index (χ4n) is 2.49. The van der Waals surface area contributed by atoms with E-state index in [0.717, 1.165) is 11.3 Å². The maximum atomic E-state index is 11.5. The molecule has 0 fully saturated rings. The second-order valence-corrected chi connectivity index (χ2v) is 5.05. The predicted octanol–water partition coefficient (Wildman–Crippen LogP) is 0.265. The van der Waals surface area contributed by atoms with Crippen LogP contribution in [0.15, 0.2) is 42.9 Å². The van der Waals surface area contributed by atoms with Crippen molar-refractivity contribution in [1.29, 1.82) is 0 Å². The minimum atomic E-state index is -0.416. The minimum absolute atomic E-state index is 0.187. The summed E-state index contributed by atoms with van der Waals surface area (Å²) < 4.78 is 0. The lowest BCUT2D eigenvalue weighted by Gasteiger charge is -2.31. The van der Waals surface area contributed by atoms with Gasteiger partial charge >= 0.3 is 0 Å². The van der Waals surface area contributed by atoms with Gasteiger partial charge in [-0.05, 0) is 5.56 Å². The van der Waals surface area contributed by atoms with Crippen LogP contribution in [-0.2, 0) is 17.8 Å². The number of benzene rings is 1. The van der Waals surface area contributed by atoms with Gasteiger partial charge in [0.2, 0.25) is 5.91 Å². The molecule has 0 radical (unpaired) electrons. The summed E-state index contributed by atoms with van der Waals surface area (Å²) in [6.45, 7) is 0.679. The molecular formula is C15H17N5O. The zero-order valence-electron chi connectivity index (χ0n) is 11.5. The number of nitrogens with two attached hydrogens (primary N) is 1. The smallest absolute Gasteiger partial charge is 0.235 e. The highest BCUT2D eigenvalue weighted by Crippen LogP contribution is 2.21. The number of carbonyl (C=O) groups excluding carboxylic acids is 1. The van der Waals surface area contributed by atoms with E-state index in [1.54, 1.807) is 6.20 Å². The summed E-state index contributed by atoms with van der Waals surface area (Å²) in [6.07, 6.45) is 3.58. The monoisotopic (exact) mass is 283 g/mol. The van der Waals surface area contributed by atoms with Gasteiger partial charge in [-0.3, -0.25) is 15.4 Å². The first-order chi connectivity index (χ1) is 10.2. The normalized spacial score (nSPS) is 20.8. The minimum Gasteiger partial charge on any atom is -0.368 e. The number of nitrogens with zero attached hydrogens (tertiary/aromatic N) is 2. The molecule has 1 aromatic carbocycles. The number of nitrogens with one attached hydrogen (secondary N) is 2. The predicted molar refractivity (Wildman–Crippen MR) is 77.9 cm³/mol. The molecule has 4 N–H and O–H groups in total. The molecule has 2 heterocycles. The van der Waals surface area contributed by atoms with Crippen LogP contribution in [0.5, 0.6) is 0 Å². The summed E-state index contributed by atoms with van der Waals surface area (Å²) in [5.74, 6) is -0.370. The van der Waals surface area contributed by atoms with Crippen LogP contribution in [0.4, 0.5) is 0 Å². The Bertz CT molecular complexity index is 631. The second kappa shape index (κ2) is 5.99. The lowest BCUT2D eigenvalue weighted by molar-refractivity contribution is -0.120. The first-order valence-corrected chi connectivity index (χ1v) is 6.85. The summed E-state index contributed by atoms with van der Waals surface area (Å²) in [7, 11) is 0. The highest BCUT2D eigenvalue weighted by atomic mass is 16.1. The van der Waals surface area contributed by atoms with Gasteiger partial charge in [-0.1, -0.05) is 30.3 Å². The average molecular weight is 283 g/mol. The Morgan fingerprint density at radius 3 is 2.95 bits per heavy atom. The molecule has 0 spiro atoms. The standard InChI is InChI=1S/C15H17N5O/c16-14(21)13-6-12-11(8-17-9-19-12)15(20-13)18-7-10-4-2-1-3-5-10/h1-5,8-9,13,15,18,20H,6-7H2,(H2,16,21). The van der Waals surface area contributed by atoms with Crippen LogP contribution in [0.25, 0.3) is 0 Å². The molecular weight excluding hydrogens is 266 g/mol. The Balaban J connectivity index is 1.78. The van der Waals surface area contributed by atoms with Crippen molar-refractivity contribution in [3.05, 3.63) is 59.7 Å². The molecule has 0 saturated heterocycles. The molecule has 1 amide bonds. The van der Waals surface area contributed by atoms with Crippen LogP contribution in [0.3, 0.4) is 0 Å². The average Bonchev–Trinajstić information content (AvgIpc) is 2.53. The quantitative estimate of drug-likeness (QED) is 0.748. The van der Waals surface area contributed by atoms with Gasteiger partial charge in [0, 0.05) is 24.7 Å². The molecule has 0 aliphatic carbocycles. The number of carbonyl (C=O) groups is 1. The fourth-order valence-corrected chi connectivity index (χ4v) is 2.49. The number of fused-ring (bicyclic) bond motifs is 1. The van der Waals surface area contributed by atoms with Crippen molar-refractivity contribution in [3.8, 4) is 0 Å². The molecule has 108 valence electrons. The molecule has 1 aliphatic rings. The van der Waals surface area contributed by atoms with Gasteiger partial charge < -0.3 is 5.73 Å². The van der Waals surface area contributed by atoms with Crippen molar-refractivity contribution >= 4 is 5.91 Å². The van der Waals surface area contributed by atoms with E-state index in [2.05, 4.69) is 20.6 Å². The molecule has 1 aromatic heterocycles. The zero-order chi connectivity index (χ0) is 14.7. The summed E-state index contributed by atoms with van der Waals surface area (Å²) >= 11 is 0. The topological polar surface area (TPSA) is 92.9 Å². The molecule has 3 rings (SSSR count). The number of hydrogen-bond acceptors (Lipinski definition) is 5. The van der Waals surface area contributed by atoms with E-state index in [0.29, 0.717) is 13.0 Å². The van der Waals surface area contributed by atoms with E-state index in [1.807, 2.05) is 30.3 Å². The van der Waals surface area contributed by atoms with Gasteiger partial charge in [0.05, 0.1) is 17.9 Å².